The molecule has 0 unspecified atom stereocenters. The van der Waals surface area contributed by atoms with Gasteiger partial charge < -0.3 is 0 Å². The smallest absolute Gasteiger partial charge is 0.113 e. The SMILES string of the molecule is CC.CC(C)(C)c1ncc(Cl)s1. The predicted molar refractivity (Wildman–Crippen MR) is 57.2 cm³/mol. The van der Waals surface area contributed by atoms with Gasteiger partial charge in [-0.05, 0) is 0 Å². The summed E-state index contributed by atoms with van der Waals surface area (Å²) < 4.78 is 0.768. The van der Waals surface area contributed by atoms with Crippen LogP contribution in [0.1, 0.15) is 39.6 Å². The number of thiazole rings is 1. The molecule has 3 heteroatoms. The van der Waals surface area contributed by atoms with Gasteiger partial charge >= 0.3 is 0 Å². The fourth-order valence-electron chi connectivity index (χ4n) is 0.601. The van der Waals surface area contributed by atoms with Crippen molar-refractivity contribution in [3.05, 3.63) is 15.5 Å². The summed E-state index contributed by atoms with van der Waals surface area (Å²) in [6, 6.07) is 0. The molecule has 0 fully saturated rings. The molecule has 0 radical (unpaired) electrons. The molecule has 0 aliphatic rings. The molecule has 0 aliphatic heterocycles. The Morgan fingerprint density at radius 1 is 1.33 bits per heavy atom. The first-order valence-corrected chi connectivity index (χ1v) is 5.31. The monoisotopic (exact) mass is 205 g/mol. The molecule has 0 N–H and O–H groups in total. The molecule has 0 aromatic carbocycles. The van der Waals surface area contributed by atoms with Crippen molar-refractivity contribution in [2.75, 3.05) is 0 Å². The van der Waals surface area contributed by atoms with Crippen LogP contribution in [-0.4, -0.2) is 4.98 Å². The van der Waals surface area contributed by atoms with Gasteiger partial charge in [-0.1, -0.05) is 46.2 Å². The third-order valence-corrected chi connectivity index (χ3v) is 2.66. The molecule has 0 saturated carbocycles. The first kappa shape index (κ1) is 11.9. The largest absolute Gasteiger partial charge is 0.248 e. The van der Waals surface area contributed by atoms with Crippen molar-refractivity contribution in [1.82, 2.24) is 4.98 Å². The fourth-order valence-corrected chi connectivity index (χ4v) is 1.57. The average molecular weight is 206 g/mol. The lowest BCUT2D eigenvalue weighted by atomic mass is 9.98. The second-order valence-corrected chi connectivity index (χ2v) is 4.88. The highest BCUT2D eigenvalue weighted by atomic mass is 35.5. The Balaban J connectivity index is 0.000000561. The Hall–Kier alpha value is -0.0800. The third-order valence-electron chi connectivity index (χ3n) is 1.12. The highest BCUT2D eigenvalue weighted by Crippen LogP contribution is 2.28. The van der Waals surface area contributed by atoms with E-state index >= 15 is 0 Å². The van der Waals surface area contributed by atoms with Crippen molar-refractivity contribution in [3.8, 4) is 0 Å². The summed E-state index contributed by atoms with van der Waals surface area (Å²) >= 11 is 7.27. The van der Waals surface area contributed by atoms with Crippen molar-refractivity contribution >= 4 is 22.9 Å². The number of nitrogens with zero attached hydrogens (tertiary/aromatic N) is 1. The van der Waals surface area contributed by atoms with Gasteiger partial charge in [0.05, 0.1) is 11.2 Å². The van der Waals surface area contributed by atoms with Crippen LogP contribution in [0.15, 0.2) is 6.20 Å². The van der Waals surface area contributed by atoms with Crippen molar-refractivity contribution in [3.63, 3.8) is 0 Å². The standard InChI is InChI=1S/C7H10ClNS.C2H6/c1-7(2,3)6-9-4-5(8)10-6;1-2/h4H,1-3H3;1-2H3. The Morgan fingerprint density at radius 2 is 1.83 bits per heavy atom. The van der Waals surface area contributed by atoms with Crippen LogP contribution in [0, 0.1) is 0 Å². The minimum absolute atomic E-state index is 0.137. The molecule has 1 heterocycles. The van der Waals surface area contributed by atoms with Crippen LogP contribution >= 0.6 is 22.9 Å². The van der Waals surface area contributed by atoms with Gasteiger partial charge in [-0.15, -0.1) is 11.3 Å². The second-order valence-electron chi connectivity index (χ2n) is 3.22. The van der Waals surface area contributed by atoms with Crippen LogP contribution in [0.5, 0.6) is 0 Å². The molecule has 0 aliphatic carbocycles. The number of hydrogen-bond acceptors (Lipinski definition) is 2. The maximum absolute atomic E-state index is 5.72. The first-order chi connectivity index (χ1) is 5.50. The molecule has 70 valence electrons. The quantitative estimate of drug-likeness (QED) is 0.621. The van der Waals surface area contributed by atoms with E-state index in [1.807, 2.05) is 13.8 Å². The average Bonchev–Trinajstić information content (AvgIpc) is 2.39. The maximum Gasteiger partial charge on any atom is 0.113 e. The lowest BCUT2D eigenvalue weighted by Gasteiger charge is -2.12. The van der Waals surface area contributed by atoms with Crippen LogP contribution in [0.3, 0.4) is 0 Å². The lowest BCUT2D eigenvalue weighted by molar-refractivity contribution is 0.585. The molecule has 1 aromatic rings. The Bertz CT molecular complexity index is 225. The molecular weight excluding hydrogens is 190 g/mol. The van der Waals surface area contributed by atoms with E-state index in [9.17, 15) is 0 Å². The summed E-state index contributed by atoms with van der Waals surface area (Å²) in [6.07, 6.45) is 1.70. The van der Waals surface area contributed by atoms with Gasteiger partial charge in [0.15, 0.2) is 0 Å². The molecule has 1 rings (SSSR count). The van der Waals surface area contributed by atoms with E-state index in [1.54, 1.807) is 17.5 Å². The van der Waals surface area contributed by atoms with Crippen molar-refractivity contribution in [2.24, 2.45) is 0 Å². The van der Waals surface area contributed by atoms with Crippen LogP contribution in [0.4, 0.5) is 0 Å². The zero-order valence-corrected chi connectivity index (χ0v) is 9.88. The number of rotatable bonds is 0. The Morgan fingerprint density at radius 3 is 2.00 bits per heavy atom. The minimum Gasteiger partial charge on any atom is -0.248 e. The summed E-state index contributed by atoms with van der Waals surface area (Å²) in [5.74, 6) is 0. The van der Waals surface area contributed by atoms with Crippen LogP contribution in [-0.2, 0) is 5.41 Å². The fraction of sp³-hybridized carbons (Fsp3) is 0.667. The molecular formula is C9H16ClNS. The van der Waals surface area contributed by atoms with Gasteiger partial charge in [0.1, 0.15) is 4.34 Å². The molecule has 1 nitrogen and oxygen atoms in total. The second kappa shape index (κ2) is 4.83. The summed E-state index contributed by atoms with van der Waals surface area (Å²) in [5.41, 5.74) is 0.137. The zero-order chi connectivity index (χ0) is 9.78. The van der Waals surface area contributed by atoms with Gasteiger partial charge in [0.25, 0.3) is 0 Å². The molecule has 12 heavy (non-hydrogen) atoms. The number of halogens is 1. The summed E-state index contributed by atoms with van der Waals surface area (Å²) in [7, 11) is 0. The number of hydrogen-bond donors (Lipinski definition) is 0. The minimum atomic E-state index is 0.137. The Kier molecular flexibility index (Phi) is 4.80. The van der Waals surface area contributed by atoms with Gasteiger partial charge in [0, 0.05) is 5.41 Å². The molecule has 0 saturated heterocycles. The van der Waals surface area contributed by atoms with E-state index in [2.05, 4.69) is 25.8 Å². The van der Waals surface area contributed by atoms with Crippen LogP contribution < -0.4 is 0 Å². The first-order valence-electron chi connectivity index (χ1n) is 4.12. The van der Waals surface area contributed by atoms with E-state index in [0.29, 0.717) is 0 Å². The topological polar surface area (TPSA) is 12.9 Å². The molecule has 0 spiro atoms. The van der Waals surface area contributed by atoms with Crippen molar-refractivity contribution < 1.29 is 0 Å². The lowest BCUT2D eigenvalue weighted by Crippen LogP contribution is -2.09. The van der Waals surface area contributed by atoms with Crippen molar-refractivity contribution in [1.29, 1.82) is 0 Å². The molecule has 0 bridgehead atoms. The third kappa shape index (κ3) is 3.55. The normalized spacial score (nSPS) is 10.5. The summed E-state index contributed by atoms with van der Waals surface area (Å²) in [6.45, 7) is 10.4. The molecule has 1 aromatic heterocycles. The van der Waals surface area contributed by atoms with Crippen LogP contribution in [0.2, 0.25) is 4.34 Å². The van der Waals surface area contributed by atoms with Gasteiger partial charge in [-0.25, -0.2) is 4.98 Å². The van der Waals surface area contributed by atoms with Crippen LogP contribution in [0.25, 0.3) is 0 Å². The predicted octanol–water partition coefficient (Wildman–Crippen LogP) is 4.12. The summed E-state index contributed by atoms with van der Waals surface area (Å²) in [5, 5.41) is 1.09. The van der Waals surface area contributed by atoms with Crippen molar-refractivity contribution in [2.45, 2.75) is 40.0 Å². The van der Waals surface area contributed by atoms with Gasteiger partial charge in [-0.2, -0.15) is 0 Å². The van der Waals surface area contributed by atoms with E-state index in [1.165, 1.54) is 0 Å². The van der Waals surface area contributed by atoms with Gasteiger partial charge in [0.2, 0.25) is 0 Å². The van der Waals surface area contributed by atoms with E-state index in [0.717, 1.165) is 9.34 Å². The maximum atomic E-state index is 5.72. The highest BCUT2D eigenvalue weighted by molar-refractivity contribution is 7.15. The van der Waals surface area contributed by atoms with E-state index in [4.69, 9.17) is 11.6 Å². The summed E-state index contributed by atoms with van der Waals surface area (Å²) in [4.78, 5) is 4.17. The van der Waals surface area contributed by atoms with E-state index < -0.39 is 0 Å². The molecule has 0 amide bonds. The molecule has 0 atom stereocenters. The number of aromatic nitrogens is 1. The Labute approximate surface area is 83.8 Å². The van der Waals surface area contributed by atoms with E-state index in [-0.39, 0.29) is 5.41 Å². The zero-order valence-electron chi connectivity index (χ0n) is 8.31. The van der Waals surface area contributed by atoms with Gasteiger partial charge in [-0.3, -0.25) is 0 Å². The highest BCUT2D eigenvalue weighted by Gasteiger charge is 2.17.